The first-order chi connectivity index (χ1) is 16.3. The number of fused-ring (bicyclic) bond motifs is 1. The summed E-state index contributed by atoms with van der Waals surface area (Å²) in [7, 11) is 0. The predicted octanol–water partition coefficient (Wildman–Crippen LogP) is 1.35. The van der Waals surface area contributed by atoms with E-state index in [9.17, 15) is 24.0 Å². The summed E-state index contributed by atoms with van der Waals surface area (Å²) in [6, 6.07) is 15.5. The number of carbonyl (C=O) groups is 4. The van der Waals surface area contributed by atoms with Gasteiger partial charge in [-0.1, -0.05) is 48.5 Å². The van der Waals surface area contributed by atoms with Crippen LogP contribution in [-0.4, -0.2) is 50.7 Å². The van der Waals surface area contributed by atoms with Crippen LogP contribution < -0.4 is 16.6 Å². The molecule has 2 aromatic carbocycles. The van der Waals surface area contributed by atoms with Crippen LogP contribution in [0.25, 0.3) is 16.8 Å². The number of rotatable bonds is 7. The Hall–Kier alpha value is -4.25. The lowest BCUT2D eigenvalue weighted by Gasteiger charge is -2.13. The van der Waals surface area contributed by atoms with E-state index in [1.165, 1.54) is 6.07 Å². The van der Waals surface area contributed by atoms with Gasteiger partial charge < -0.3 is 11.1 Å². The van der Waals surface area contributed by atoms with E-state index >= 15 is 0 Å². The molecule has 1 aliphatic heterocycles. The van der Waals surface area contributed by atoms with Crippen LogP contribution in [0.5, 0.6) is 0 Å². The molecule has 3 N–H and O–H groups in total. The minimum atomic E-state index is -0.826. The fourth-order valence-electron chi connectivity index (χ4n) is 3.42. The summed E-state index contributed by atoms with van der Waals surface area (Å²) in [6.07, 6.45) is 1.64. The Balaban J connectivity index is 1.40. The van der Waals surface area contributed by atoms with Crippen molar-refractivity contribution in [1.82, 2.24) is 20.0 Å². The van der Waals surface area contributed by atoms with Crippen molar-refractivity contribution in [3.05, 3.63) is 81.1 Å². The van der Waals surface area contributed by atoms with Gasteiger partial charge in [0.2, 0.25) is 5.91 Å². The molecule has 0 atom stereocenters. The van der Waals surface area contributed by atoms with E-state index in [-0.39, 0.29) is 24.2 Å². The average molecular weight is 478 g/mol. The van der Waals surface area contributed by atoms with Gasteiger partial charge in [-0.2, -0.15) is 5.10 Å². The number of hydrogen-bond acceptors (Lipinski definition) is 7. The van der Waals surface area contributed by atoms with Crippen LogP contribution in [0.2, 0.25) is 0 Å². The molecule has 34 heavy (non-hydrogen) atoms. The molecule has 0 unspecified atom stereocenters. The topological polar surface area (TPSA) is 144 Å². The fraction of sp³-hybridized carbons (Fsp3) is 0.130. The van der Waals surface area contributed by atoms with Gasteiger partial charge in [0.15, 0.2) is 5.69 Å². The molecule has 0 radical (unpaired) electrons. The molecule has 4 amide bonds. The maximum Gasteiger partial charge on any atom is 0.293 e. The summed E-state index contributed by atoms with van der Waals surface area (Å²) in [5.74, 6) is -1.84. The zero-order chi connectivity index (χ0) is 24.2. The summed E-state index contributed by atoms with van der Waals surface area (Å²) in [4.78, 5) is 62.9. The van der Waals surface area contributed by atoms with E-state index in [2.05, 4.69) is 10.4 Å². The Labute approximate surface area is 197 Å². The third kappa shape index (κ3) is 4.74. The maximum absolute atomic E-state index is 12.7. The van der Waals surface area contributed by atoms with Crippen LogP contribution >= 0.6 is 11.8 Å². The van der Waals surface area contributed by atoms with Crippen molar-refractivity contribution in [1.29, 1.82) is 0 Å². The number of amides is 4. The smallest absolute Gasteiger partial charge is 0.293 e. The number of thioether (sulfide) groups is 1. The minimum Gasteiger partial charge on any atom is -0.364 e. The number of benzene rings is 2. The second kappa shape index (κ2) is 9.71. The van der Waals surface area contributed by atoms with E-state index in [1.807, 2.05) is 30.3 Å². The molecule has 0 aliphatic carbocycles. The summed E-state index contributed by atoms with van der Waals surface area (Å²) in [6.45, 7) is -0.505. The van der Waals surface area contributed by atoms with Crippen molar-refractivity contribution >= 4 is 51.6 Å². The molecule has 0 saturated carbocycles. The van der Waals surface area contributed by atoms with Crippen LogP contribution in [0.15, 0.2) is 64.3 Å². The number of nitrogens with one attached hydrogen (secondary N) is 1. The Morgan fingerprint density at radius 2 is 1.68 bits per heavy atom. The van der Waals surface area contributed by atoms with Gasteiger partial charge in [0.05, 0.1) is 10.3 Å². The van der Waals surface area contributed by atoms with Crippen molar-refractivity contribution in [2.45, 2.75) is 6.54 Å². The lowest BCUT2D eigenvalue weighted by molar-refractivity contribution is -0.124. The molecule has 1 fully saturated rings. The van der Waals surface area contributed by atoms with Crippen molar-refractivity contribution in [3.63, 3.8) is 0 Å². The average Bonchev–Trinajstić information content (AvgIpc) is 3.08. The standard InChI is InChI=1S/C23H19N5O5S/c24-20(30)19-15-8-4-5-9-16(15)21(31)28(26-19)13-18(29)25-10-11-27-22(32)17(34-23(27)33)12-14-6-2-1-3-7-14/h1-9,12H,10-11,13H2,(H2,24,30)(H,25,29)/b17-12-. The number of nitrogens with zero attached hydrogens (tertiary/aromatic N) is 3. The summed E-state index contributed by atoms with van der Waals surface area (Å²) in [5, 5.41) is 6.58. The van der Waals surface area contributed by atoms with E-state index in [1.54, 1.807) is 24.3 Å². The van der Waals surface area contributed by atoms with Gasteiger partial charge in [-0.25, -0.2) is 4.68 Å². The first-order valence-electron chi connectivity index (χ1n) is 10.2. The molecule has 2 heterocycles. The molecular weight excluding hydrogens is 458 g/mol. The molecule has 1 aromatic heterocycles. The van der Waals surface area contributed by atoms with E-state index in [0.29, 0.717) is 10.3 Å². The highest BCUT2D eigenvalue weighted by molar-refractivity contribution is 8.18. The minimum absolute atomic E-state index is 0.0134. The third-order valence-electron chi connectivity index (χ3n) is 5.02. The molecule has 4 rings (SSSR count). The summed E-state index contributed by atoms with van der Waals surface area (Å²) >= 11 is 0.832. The first kappa shape index (κ1) is 22.9. The van der Waals surface area contributed by atoms with Gasteiger partial charge in [-0.05, 0) is 29.5 Å². The Morgan fingerprint density at radius 3 is 2.38 bits per heavy atom. The molecule has 172 valence electrons. The second-order valence-corrected chi connectivity index (χ2v) is 8.31. The number of nitrogens with two attached hydrogens (primary N) is 1. The monoisotopic (exact) mass is 477 g/mol. The Kier molecular flexibility index (Phi) is 6.55. The van der Waals surface area contributed by atoms with Gasteiger partial charge >= 0.3 is 0 Å². The van der Waals surface area contributed by atoms with Gasteiger partial charge in [-0.3, -0.25) is 28.9 Å². The highest BCUT2D eigenvalue weighted by atomic mass is 32.2. The Bertz CT molecular complexity index is 1400. The second-order valence-electron chi connectivity index (χ2n) is 7.32. The molecule has 3 aromatic rings. The highest BCUT2D eigenvalue weighted by Gasteiger charge is 2.34. The van der Waals surface area contributed by atoms with Crippen LogP contribution in [0.4, 0.5) is 4.79 Å². The van der Waals surface area contributed by atoms with Crippen LogP contribution in [0.1, 0.15) is 16.1 Å². The van der Waals surface area contributed by atoms with Crippen molar-refractivity contribution < 1.29 is 19.2 Å². The largest absolute Gasteiger partial charge is 0.364 e. The molecule has 1 saturated heterocycles. The molecule has 0 spiro atoms. The van der Waals surface area contributed by atoms with Crippen LogP contribution in [0.3, 0.4) is 0 Å². The first-order valence-corrected chi connectivity index (χ1v) is 11.0. The number of carbonyl (C=O) groups excluding carboxylic acids is 4. The van der Waals surface area contributed by atoms with Crippen molar-refractivity contribution in [2.24, 2.45) is 5.73 Å². The molecule has 11 heteroatoms. The number of aromatic nitrogens is 2. The molecular formula is C23H19N5O5S. The zero-order valence-corrected chi connectivity index (χ0v) is 18.6. The van der Waals surface area contributed by atoms with Gasteiger partial charge in [0.1, 0.15) is 6.54 Å². The maximum atomic E-state index is 12.7. The van der Waals surface area contributed by atoms with Crippen molar-refractivity contribution in [3.8, 4) is 0 Å². The van der Waals surface area contributed by atoms with Gasteiger partial charge in [0, 0.05) is 18.5 Å². The van der Waals surface area contributed by atoms with E-state index < -0.39 is 35.1 Å². The lowest BCUT2D eigenvalue weighted by atomic mass is 10.1. The van der Waals surface area contributed by atoms with Crippen LogP contribution in [0, 0.1) is 0 Å². The van der Waals surface area contributed by atoms with Crippen LogP contribution in [-0.2, 0) is 16.1 Å². The zero-order valence-electron chi connectivity index (χ0n) is 17.8. The van der Waals surface area contributed by atoms with Crippen molar-refractivity contribution in [2.75, 3.05) is 13.1 Å². The molecule has 1 aliphatic rings. The lowest BCUT2D eigenvalue weighted by Crippen LogP contribution is -2.40. The number of imide groups is 1. The fourth-order valence-corrected chi connectivity index (χ4v) is 4.28. The number of hydrogen-bond donors (Lipinski definition) is 2. The normalized spacial score (nSPS) is 14.7. The van der Waals surface area contributed by atoms with Gasteiger partial charge in [0.25, 0.3) is 22.6 Å². The molecule has 10 nitrogen and oxygen atoms in total. The quantitative estimate of drug-likeness (QED) is 0.489. The number of primary amides is 1. The SMILES string of the molecule is NC(=O)c1nn(CC(=O)NCCN2C(=O)S/C(=C\c3ccccc3)C2=O)c(=O)c2ccccc12. The predicted molar refractivity (Wildman–Crippen MR) is 127 cm³/mol. The molecule has 0 bridgehead atoms. The van der Waals surface area contributed by atoms with Gasteiger partial charge in [-0.15, -0.1) is 0 Å². The highest BCUT2D eigenvalue weighted by Crippen LogP contribution is 2.31. The Morgan fingerprint density at radius 1 is 1.00 bits per heavy atom. The summed E-state index contributed by atoms with van der Waals surface area (Å²) < 4.78 is 0.862. The van der Waals surface area contributed by atoms with E-state index in [4.69, 9.17) is 5.73 Å². The summed E-state index contributed by atoms with van der Waals surface area (Å²) in [5.41, 5.74) is 5.50. The third-order valence-corrected chi connectivity index (χ3v) is 5.93. The van der Waals surface area contributed by atoms with E-state index in [0.717, 1.165) is 26.9 Å².